The van der Waals surface area contributed by atoms with E-state index in [1.807, 2.05) is 31.2 Å². The molecule has 0 aliphatic rings. The lowest BCUT2D eigenvalue weighted by Gasteiger charge is -2.26. The van der Waals surface area contributed by atoms with E-state index >= 15 is 0 Å². The van der Waals surface area contributed by atoms with E-state index in [4.69, 9.17) is 4.52 Å². The second-order valence-electron chi connectivity index (χ2n) is 7.25. The van der Waals surface area contributed by atoms with Gasteiger partial charge in [0.25, 0.3) is 0 Å². The molecule has 0 fully saturated rings. The summed E-state index contributed by atoms with van der Waals surface area (Å²) in [5.74, 6) is 1.07. The van der Waals surface area contributed by atoms with Crippen molar-refractivity contribution in [2.45, 2.75) is 44.4 Å². The number of unbranched alkanes of at least 4 members (excludes halogenated alkanes) is 1. The molecule has 8 heteroatoms. The third-order valence-electron chi connectivity index (χ3n) is 4.75. The lowest BCUT2D eigenvalue weighted by Crippen LogP contribution is -2.28. The topological polar surface area (TPSA) is 114 Å². The average molecular weight is 395 g/mol. The molecule has 3 heterocycles. The zero-order valence-electron chi connectivity index (χ0n) is 16.4. The summed E-state index contributed by atoms with van der Waals surface area (Å²) in [4.78, 5) is 24.2. The summed E-state index contributed by atoms with van der Waals surface area (Å²) in [6, 6.07) is 9.44. The van der Waals surface area contributed by atoms with Gasteiger partial charge in [-0.3, -0.25) is 9.78 Å². The van der Waals surface area contributed by atoms with Crippen molar-refractivity contribution in [2.75, 3.05) is 11.9 Å². The lowest BCUT2D eigenvalue weighted by molar-refractivity contribution is -0.138. The normalized spacial score (nSPS) is 13.0. The van der Waals surface area contributed by atoms with E-state index in [1.54, 1.807) is 24.7 Å². The fraction of sp³-hybridized carbons (Fsp3) is 0.381. The fourth-order valence-corrected chi connectivity index (χ4v) is 3.21. The first-order valence-corrected chi connectivity index (χ1v) is 9.64. The molecule has 2 N–H and O–H groups in total. The number of aliphatic carboxylic acids is 1. The number of aryl methyl sites for hydroxylation is 1. The highest BCUT2D eigenvalue weighted by molar-refractivity contribution is 5.69. The monoisotopic (exact) mass is 395 g/mol. The van der Waals surface area contributed by atoms with Crippen LogP contribution in [0.1, 0.15) is 43.5 Å². The highest BCUT2D eigenvalue weighted by atomic mass is 16.5. The Kier molecular flexibility index (Phi) is 6.89. The van der Waals surface area contributed by atoms with Gasteiger partial charge in [0.05, 0.1) is 6.42 Å². The van der Waals surface area contributed by atoms with E-state index in [0.717, 1.165) is 30.8 Å². The van der Waals surface area contributed by atoms with Gasteiger partial charge in [0.1, 0.15) is 5.82 Å². The second kappa shape index (κ2) is 9.77. The number of nitrogens with one attached hydrogen (secondary N) is 1. The Morgan fingerprint density at radius 3 is 2.83 bits per heavy atom. The van der Waals surface area contributed by atoms with Gasteiger partial charge in [-0.05, 0) is 36.6 Å². The number of carboxylic acid groups (broad SMARTS) is 1. The van der Waals surface area contributed by atoms with Crippen LogP contribution in [-0.2, 0) is 23.1 Å². The molecule has 8 nitrogen and oxygen atoms in total. The molecule has 152 valence electrons. The Morgan fingerprint density at radius 2 is 2.10 bits per heavy atom. The molecular weight excluding hydrogens is 370 g/mol. The summed E-state index contributed by atoms with van der Waals surface area (Å²) in [6.07, 6.45) is 7.98. The Morgan fingerprint density at radius 1 is 1.21 bits per heavy atom. The van der Waals surface area contributed by atoms with Crippen molar-refractivity contribution in [3.8, 4) is 0 Å². The van der Waals surface area contributed by atoms with Crippen molar-refractivity contribution in [2.24, 2.45) is 0 Å². The fourth-order valence-electron chi connectivity index (χ4n) is 3.21. The van der Waals surface area contributed by atoms with Crippen LogP contribution < -0.4 is 5.32 Å². The van der Waals surface area contributed by atoms with Crippen LogP contribution in [0.25, 0.3) is 0 Å². The van der Waals surface area contributed by atoms with Crippen LogP contribution in [0.3, 0.4) is 0 Å². The predicted molar refractivity (Wildman–Crippen MR) is 108 cm³/mol. The summed E-state index contributed by atoms with van der Waals surface area (Å²) < 4.78 is 5.39. The zero-order valence-corrected chi connectivity index (χ0v) is 16.4. The molecule has 3 rings (SSSR count). The van der Waals surface area contributed by atoms with Crippen molar-refractivity contribution >= 4 is 11.8 Å². The van der Waals surface area contributed by atoms with Crippen LogP contribution in [0, 0.1) is 0 Å². The van der Waals surface area contributed by atoms with E-state index in [-0.39, 0.29) is 6.42 Å². The predicted octanol–water partition coefficient (Wildman–Crippen LogP) is 3.27. The zero-order chi connectivity index (χ0) is 20.5. The van der Waals surface area contributed by atoms with E-state index in [0.29, 0.717) is 24.6 Å². The van der Waals surface area contributed by atoms with Gasteiger partial charge in [-0.1, -0.05) is 24.2 Å². The van der Waals surface area contributed by atoms with Gasteiger partial charge in [-0.15, -0.1) is 0 Å². The molecule has 0 aliphatic carbocycles. The first-order chi connectivity index (χ1) is 14.0. The lowest BCUT2D eigenvalue weighted by atomic mass is 9.77. The maximum atomic E-state index is 11.4. The molecule has 0 aliphatic heterocycles. The molecule has 0 amide bonds. The Balaban J connectivity index is 1.52. The summed E-state index contributed by atoms with van der Waals surface area (Å²) in [7, 11) is 0. The van der Waals surface area contributed by atoms with E-state index in [1.165, 1.54) is 0 Å². The summed E-state index contributed by atoms with van der Waals surface area (Å²) in [6.45, 7) is 2.70. The van der Waals surface area contributed by atoms with Crippen LogP contribution in [0.4, 0.5) is 5.82 Å². The molecule has 1 unspecified atom stereocenters. The number of hydrogen-bond donors (Lipinski definition) is 2. The minimum absolute atomic E-state index is 0.0460. The van der Waals surface area contributed by atoms with Crippen LogP contribution in [0.15, 0.2) is 53.4 Å². The Hall–Kier alpha value is -3.29. The van der Waals surface area contributed by atoms with Gasteiger partial charge in [0.15, 0.2) is 5.82 Å². The summed E-state index contributed by atoms with van der Waals surface area (Å²) >= 11 is 0. The molecule has 0 saturated carbocycles. The highest BCUT2D eigenvalue weighted by Crippen LogP contribution is 2.31. The van der Waals surface area contributed by atoms with Crippen LogP contribution >= 0.6 is 0 Å². The van der Waals surface area contributed by atoms with Crippen molar-refractivity contribution in [3.63, 3.8) is 0 Å². The number of carboxylic acids is 1. The molecular formula is C21H25N5O3. The molecule has 0 spiro atoms. The third kappa shape index (κ3) is 6.10. The van der Waals surface area contributed by atoms with Gasteiger partial charge in [0, 0.05) is 43.4 Å². The minimum atomic E-state index is -0.878. The molecule has 29 heavy (non-hydrogen) atoms. The van der Waals surface area contributed by atoms with Crippen molar-refractivity contribution in [3.05, 3.63) is 66.2 Å². The Bertz CT molecular complexity index is 901. The summed E-state index contributed by atoms with van der Waals surface area (Å²) in [5.41, 5.74) is 0.166. The standard InChI is InChI=1S/C21H25N5O3/c1-21(14-20(27)28,16-7-6-10-22-15-16)13-19-25-18(26-29-19)9-3-5-12-24-17-8-2-4-11-23-17/h2,4,6-8,10-11,15H,3,5,9,12-14H2,1H3,(H,23,24)(H,27,28). The molecule has 0 saturated heterocycles. The van der Waals surface area contributed by atoms with E-state index in [9.17, 15) is 9.90 Å². The van der Waals surface area contributed by atoms with E-state index in [2.05, 4.69) is 25.4 Å². The van der Waals surface area contributed by atoms with Gasteiger partial charge >= 0.3 is 5.97 Å². The van der Waals surface area contributed by atoms with Crippen LogP contribution in [0.5, 0.6) is 0 Å². The van der Waals surface area contributed by atoms with Crippen molar-refractivity contribution < 1.29 is 14.4 Å². The molecule has 0 bridgehead atoms. The smallest absolute Gasteiger partial charge is 0.304 e. The minimum Gasteiger partial charge on any atom is -0.481 e. The van der Waals surface area contributed by atoms with Gasteiger partial charge < -0.3 is 14.9 Å². The number of anilines is 1. The summed E-state index contributed by atoms with van der Waals surface area (Å²) in [5, 5.41) is 16.7. The number of carbonyl (C=O) groups is 1. The highest BCUT2D eigenvalue weighted by Gasteiger charge is 2.32. The molecule has 3 aromatic rings. The van der Waals surface area contributed by atoms with Crippen molar-refractivity contribution in [1.82, 2.24) is 20.1 Å². The largest absolute Gasteiger partial charge is 0.481 e. The van der Waals surface area contributed by atoms with Crippen LogP contribution in [0.2, 0.25) is 0 Å². The van der Waals surface area contributed by atoms with Crippen LogP contribution in [-0.4, -0.2) is 37.7 Å². The number of pyridine rings is 2. The average Bonchev–Trinajstić information content (AvgIpc) is 3.15. The maximum Gasteiger partial charge on any atom is 0.304 e. The quantitative estimate of drug-likeness (QED) is 0.476. The van der Waals surface area contributed by atoms with Gasteiger partial charge in [-0.25, -0.2) is 4.98 Å². The number of nitrogens with zero attached hydrogens (tertiary/aromatic N) is 4. The van der Waals surface area contributed by atoms with Crippen molar-refractivity contribution in [1.29, 1.82) is 0 Å². The second-order valence-corrected chi connectivity index (χ2v) is 7.25. The number of aromatic nitrogens is 4. The maximum absolute atomic E-state index is 11.4. The number of hydrogen-bond acceptors (Lipinski definition) is 7. The first-order valence-electron chi connectivity index (χ1n) is 9.64. The SMILES string of the molecule is CC(CC(=O)O)(Cc1nc(CCCCNc2ccccn2)no1)c1cccnc1. The van der Waals surface area contributed by atoms with Gasteiger partial charge in [-0.2, -0.15) is 4.98 Å². The molecule has 1 atom stereocenters. The number of rotatable bonds is 11. The third-order valence-corrected chi connectivity index (χ3v) is 4.75. The molecule has 0 aromatic carbocycles. The van der Waals surface area contributed by atoms with E-state index < -0.39 is 11.4 Å². The molecule has 0 radical (unpaired) electrons. The molecule has 3 aromatic heterocycles. The Labute approximate surface area is 169 Å². The first kappa shape index (κ1) is 20.4. The van der Waals surface area contributed by atoms with Gasteiger partial charge in [0.2, 0.25) is 5.89 Å².